The molecule has 0 bridgehead atoms. The van der Waals surface area contributed by atoms with Gasteiger partial charge in [0, 0.05) is 23.5 Å². The number of nitrogens with zero attached hydrogens (tertiary/aromatic N) is 1. The van der Waals surface area contributed by atoms with E-state index in [9.17, 15) is 4.79 Å². The van der Waals surface area contributed by atoms with Crippen molar-refractivity contribution in [2.45, 2.75) is 56.4 Å². The van der Waals surface area contributed by atoms with Gasteiger partial charge in [0.1, 0.15) is 5.01 Å². The zero-order valence-corrected chi connectivity index (χ0v) is 15.9. The highest BCUT2D eigenvalue weighted by Gasteiger charge is 2.38. The van der Waals surface area contributed by atoms with Gasteiger partial charge in [0.05, 0.1) is 17.8 Å². The van der Waals surface area contributed by atoms with Gasteiger partial charge in [-0.3, -0.25) is 4.79 Å². The number of carbonyl (C=O) groups is 1. The molecule has 138 valence electrons. The molecular formula is C21H26N2O2S. The van der Waals surface area contributed by atoms with Crippen molar-refractivity contribution in [2.24, 2.45) is 0 Å². The molecule has 1 N–H and O–H groups in total. The van der Waals surface area contributed by atoms with E-state index in [1.165, 1.54) is 6.42 Å². The number of aromatic nitrogens is 1. The van der Waals surface area contributed by atoms with Crippen molar-refractivity contribution in [1.29, 1.82) is 0 Å². The molecule has 1 saturated heterocycles. The summed E-state index contributed by atoms with van der Waals surface area (Å²) in [6.07, 6.45) is 7.70. The van der Waals surface area contributed by atoms with Gasteiger partial charge in [-0.15, -0.1) is 11.3 Å². The summed E-state index contributed by atoms with van der Waals surface area (Å²) in [4.78, 5) is 17.8. The van der Waals surface area contributed by atoms with Crippen LogP contribution in [0.4, 0.5) is 0 Å². The van der Waals surface area contributed by atoms with Crippen LogP contribution >= 0.6 is 11.3 Å². The minimum absolute atomic E-state index is 0.00486. The quantitative estimate of drug-likeness (QED) is 0.854. The average molecular weight is 371 g/mol. The largest absolute Gasteiger partial charge is 0.381 e. The summed E-state index contributed by atoms with van der Waals surface area (Å²) >= 11 is 1.70. The van der Waals surface area contributed by atoms with Crippen molar-refractivity contribution in [1.82, 2.24) is 10.3 Å². The Kier molecular flexibility index (Phi) is 5.36. The Balaban J connectivity index is 1.58. The summed E-state index contributed by atoms with van der Waals surface area (Å²) < 4.78 is 5.63. The monoisotopic (exact) mass is 370 g/mol. The number of ether oxygens (including phenoxy) is 1. The third-order valence-corrected chi connectivity index (χ3v) is 6.67. The molecule has 2 heterocycles. The number of amides is 1. The standard InChI is InChI=1S/C21H26N2O2S/c24-19(16-8-3-1-4-9-16)23-21(11-5-2-6-12-21)20-22-18(15-26-20)17-10-7-13-25-14-17/h1,3-4,8-9,15,17H,2,5-7,10-14H2,(H,23,24). The number of carbonyl (C=O) groups excluding carboxylic acids is 1. The van der Waals surface area contributed by atoms with Crippen molar-refractivity contribution in [2.75, 3.05) is 13.2 Å². The first-order valence-corrected chi connectivity index (χ1v) is 10.6. The lowest BCUT2D eigenvalue weighted by atomic mass is 9.81. The molecule has 26 heavy (non-hydrogen) atoms. The molecular weight excluding hydrogens is 344 g/mol. The van der Waals surface area contributed by atoms with Crippen LogP contribution in [-0.2, 0) is 10.3 Å². The van der Waals surface area contributed by atoms with E-state index >= 15 is 0 Å². The SMILES string of the molecule is O=C(NC1(c2nc(C3CCCOC3)cs2)CCCCC1)c1ccccc1. The summed E-state index contributed by atoms with van der Waals surface area (Å²) in [5.41, 5.74) is 1.54. The lowest BCUT2D eigenvalue weighted by molar-refractivity contribution is 0.0790. The molecule has 4 nitrogen and oxygen atoms in total. The maximum absolute atomic E-state index is 12.8. The molecule has 0 radical (unpaired) electrons. The first-order chi connectivity index (χ1) is 12.8. The molecule has 1 aliphatic heterocycles. The summed E-state index contributed by atoms with van der Waals surface area (Å²) in [7, 11) is 0. The number of hydrogen-bond acceptors (Lipinski definition) is 4. The van der Waals surface area contributed by atoms with Crippen LogP contribution in [0.3, 0.4) is 0 Å². The molecule has 2 aliphatic rings. The van der Waals surface area contributed by atoms with Crippen LogP contribution in [0.1, 0.15) is 71.9 Å². The maximum Gasteiger partial charge on any atom is 0.252 e. The fourth-order valence-electron chi connectivity index (χ4n) is 4.09. The molecule has 1 aromatic carbocycles. The zero-order chi connectivity index (χ0) is 17.8. The molecule has 1 atom stereocenters. The van der Waals surface area contributed by atoms with Gasteiger partial charge in [-0.1, -0.05) is 37.5 Å². The van der Waals surface area contributed by atoms with E-state index < -0.39 is 0 Å². The molecule has 0 spiro atoms. The van der Waals surface area contributed by atoms with E-state index in [2.05, 4.69) is 10.7 Å². The van der Waals surface area contributed by atoms with Crippen molar-refractivity contribution in [3.8, 4) is 0 Å². The maximum atomic E-state index is 12.8. The van der Waals surface area contributed by atoms with Crippen LogP contribution in [0.25, 0.3) is 0 Å². The van der Waals surface area contributed by atoms with E-state index in [1.54, 1.807) is 11.3 Å². The smallest absolute Gasteiger partial charge is 0.252 e. The highest BCUT2D eigenvalue weighted by atomic mass is 32.1. The Morgan fingerprint density at radius 1 is 1.15 bits per heavy atom. The Bertz CT molecular complexity index is 731. The van der Waals surface area contributed by atoms with E-state index in [4.69, 9.17) is 9.72 Å². The lowest BCUT2D eigenvalue weighted by Crippen LogP contribution is -2.47. The van der Waals surface area contributed by atoms with E-state index in [0.29, 0.717) is 5.92 Å². The number of thiazole rings is 1. The average Bonchev–Trinajstić information content (AvgIpc) is 3.21. The molecule has 4 rings (SSSR count). The summed E-state index contributed by atoms with van der Waals surface area (Å²) in [6, 6.07) is 9.50. The second-order valence-corrected chi connectivity index (χ2v) is 8.31. The zero-order valence-electron chi connectivity index (χ0n) is 15.1. The molecule has 1 aromatic heterocycles. The predicted molar refractivity (Wildman–Crippen MR) is 104 cm³/mol. The number of hydrogen-bond donors (Lipinski definition) is 1. The van der Waals surface area contributed by atoms with Crippen LogP contribution in [-0.4, -0.2) is 24.1 Å². The number of benzene rings is 1. The minimum atomic E-state index is -0.316. The van der Waals surface area contributed by atoms with E-state index in [0.717, 1.165) is 68.0 Å². The van der Waals surface area contributed by atoms with Crippen LogP contribution < -0.4 is 5.32 Å². The normalized spacial score (nSPS) is 22.7. The third kappa shape index (κ3) is 3.69. The van der Waals surface area contributed by atoms with E-state index in [1.807, 2.05) is 30.3 Å². The summed E-state index contributed by atoms with van der Waals surface area (Å²) in [5.74, 6) is 0.407. The highest BCUT2D eigenvalue weighted by molar-refractivity contribution is 7.09. The molecule has 5 heteroatoms. The first-order valence-electron chi connectivity index (χ1n) is 9.68. The van der Waals surface area contributed by atoms with Crippen molar-refractivity contribution >= 4 is 17.2 Å². The van der Waals surface area contributed by atoms with Gasteiger partial charge in [-0.25, -0.2) is 4.98 Å². The van der Waals surface area contributed by atoms with Crippen molar-refractivity contribution < 1.29 is 9.53 Å². The van der Waals surface area contributed by atoms with Gasteiger partial charge < -0.3 is 10.1 Å². The van der Waals surface area contributed by atoms with Gasteiger partial charge in [-0.2, -0.15) is 0 Å². The summed E-state index contributed by atoms with van der Waals surface area (Å²) in [5, 5.41) is 6.61. The van der Waals surface area contributed by atoms with Crippen LogP contribution in [0.2, 0.25) is 0 Å². The molecule has 1 unspecified atom stereocenters. The molecule has 1 saturated carbocycles. The van der Waals surface area contributed by atoms with Gasteiger partial charge in [0.15, 0.2) is 0 Å². The van der Waals surface area contributed by atoms with Gasteiger partial charge in [0.25, 0.3) is 5.91 Å². The Morgan fingerprint density at radius 3 is 2.69 bits per heavy atom. The molecule has 2 fully saturated rings. The fourth-order valence-corrected chi connectivity index (χ4v) is 5.21. The minimum Gasteiger partial charge on any atom is -0.381 e. The van der Waals surface area contributed by atoms with Gasteiger partial charge >= 0.3 is 0 Å². The van der Waals surface area contributed by atoms with E-state index in [-0.39, 0.29) is 11.4 Å². The van der Waals surface area contributed by atoms with Gasteiger partial charge in [0.2, 0.25) is 0 Å². The van der Waals surface area contributed by atoms with Crippen LogP contribution in [0.15, 0.2) is 35.7 Å². The van der Waals surface area contributed by atoms with Gasteiger partial charge in [-0.05, 0) is 37.8 Å². The molecule has 1 amide bonds. The Labute approximate surface area is 159 Å². The number of nitrogens with one attached hydrogen (secondary N) is 1. The van der Waals surface area contributed by atoms with Crippen molar-refractivity contribution in [3.05, 3.63) is 52.0 Å². The lowest BCUT2D eigenvalue weighted by Gasteiger charge is -2.36. The van der Waals surface area contributed by atoms with Crippen LogP contribution in [0, 0.1) is 0 Å². The Hall–Kier alpha value is -1.72. The second kappa shape index (κ2) is 7.89. The van der Waals surface area contributed by atoms with Crippen molar-refractivity contribution in [3.63, 3.8) is 0 Å². The summed E-state index contributed by atoms with van der Waals surface area (Å²) in [6.45, 7) is 1.64. The third-order valence-electron chi connectivity index (χ3n) is 5.61. The predicted octanol–water partition coefficient (Wildman–Crippen LogP) is 4.63. The molecule has 1 aliphatic carbocycles. The topological polar surface area (TPSA) is 51.2 Å². The molecule has 2 aromatic rings. The van der Waals surface area contributed by atoms with Crippen LogP contribution in [0.5, 0.6) is 0 Å². The Morgan fingerprint density at radius 2 is 1.96 bits per heavy atom. The first kappa shape index (κ1) is 17.7. The number of rotatable bonds is 4. The fraction of sp³-hybridized carbons (Fsp3) is 0.524. The highest BCUT2D eigenvalue weighted by Crippen LogP contribution is 2.40. The second-order valence-electron chi connectivity index (χ2n) is 7.45.